The van der Waals surface area contributed by atoms with Crippen LogP contribution in [0.3, 0.4) is 0 Å². The van der Waals surface area contributed by atoms with Gasteiger partial charge in [-0.3, -0.25) is 4.90 Å². The molecule has 104 valence electrons. The van der Waals surface area contributed by atoms with Gasteiger partial charge in [0.15, 0.2) is 0 Å². The molecule has 1 heterocycles. The van der Waals surface area contributed by atoms with Gasteiger partial charge in [0.05, 0.1) is 10.0 Å². The number of hydrogen-bond donors (Lipinski definition) is 1. The predicted molar refractivity (Wildman–Crippen MR) is 81.4 cm³/mol. The molecule has 0 amide bonds. The van der Waals surface area contributed by atoms with E-state index in [-0.39, 0.29) is 0 Å². The van der Waals surface area contributed by atoms with Crippen molar-refractivity contribution in [3.8, 4) is 0 Å². The Balaban J connectivity index is 1.95. The molecule has 0 aromatic heterocycles. The molecule has 1 saturated carbocycles. The Kier molecular flexibility index (Phi) is 4.25. The van der Waals surface area contributed by atoms with Gasteiger partial charge in [-0.25, -0.2) is 0 Å². The van der Waals surface area contributed by atoms with Crippen molar-refractivity contribution in [3.63, 3.8) is 0 Å². The summed E-state index contributed by atoms with van der Waals surface area (Å²) in [4.78, 5) is 2.52. The fourth-order valence-electron chi connectivity index (χ4n) is 2.91. The van der Waals surface area contributed by atoms with Crippen molar-refractivity contribution in [2.24, 2.45) is 5.92 Å². The van der Waals surface area contributed by atoms with Crippen molar-refractivity contribution >= 4 is 34.8 Å². The first-order valence-electron chi connectivity index (χ1n) is 6.76. The molecular formula is C14H17Cl3N2. The Hall–Kier alpha value is 0.01000. The van der Waals surface area contributed by atoms with Gasteiger partial charge in [0.25, 0.3) is 0 Å². The van der Waals surface area contributed by atoms with Crippen LogP contribution < -0.4 is 5.32 Å². The van der Waals surface area contributed by atoms with Gasteiger partial charge in [0.1, 0.15) is 0 Å². The fourth-order valence-corrected chi connectivity index (χ4v) is 3.64. The maximum atomic E-state index is 6.42. The third-order valence-corrected chi connectivity index (χ3v) is 4.99. The lowest BCUT2D eigenvalue weighted by molar-refractivity contribution is 0.156. The summed E-state index contributed by atoms with van der Waals surface area (Å²) in [6.07, 6.45) is 2.55. The Morgan fingerprint density at radius 3 is 2.42 bits per heavy atom. The Bertz CT molecular complexity index is 468. The summed E-state index contributed by atoms with van der Waals surface area (Å²) in [5.74, 6) is 0.699. The quantitative estimate of drug-likeness (QED) is 0.847. The molecule has 1 aromatic carbocycles. The number of rotatable bonds is 3. The standard InChI is InChI=1S/C14H17Cl3N2/c15-10-7-11(13(17)12(16)8-10)14(9-1-2-9)19-5-3-18-4-6-19/h7-9,14,18H,1-6H2/t14-/m0/s1. The molecule has 0 bridgehead atoms. The number of benzene rings is 1. The van der Waals surface area contributed by atoms with Crippen LogP contribution in [0.25, 0.3) is 0 Å². The molecule has 3 rings (SSSR count). The van der Waals surface area contributed by atoms with E-state index in [1.165, 1.54) is 12.8 Å². The first-order chi connectivity index (χ1) is 9.16. The van der Waals surface area contributed by atoms with E-state index in [2.05, 4.69) is 10.2 Å². The van der Waals surface area contributed by atoms with E-state index in [0.29, 0.717) is 27.0 Å². The van der Waals surface area contributed by atoms with E-state index in [0.717, 1.165) is 31.7 Å². The number of nitrogens with one attached hydrogen (secondary N) is 1. The van der Waals surface area contributed by atoms with Crippen LogP contribution in [-0.4, -0.2) is 31.1 Å². The van der Waals surface area contributed by atoms with Crippen LogP contribution in [0.2, 0.25) is 15.1 Å². The van der Waals surface area contributed by atoms with Crippen LogP contribution in [0, 0.1) is 5.92 Å². The minimum atomic E-state index is 0.366. The highest BCUT2D eigenvalue weighted by Crippen LogP contribution is 2.48. The van der Waals surface area contributed by atoms with Crippen LogP contribution in [0.1, 0.15) is 24.4 Å². The highest BCUT2D eigenvalue weighted by atomic mass is 35.5. The molecule has 1 aromatic rings. The molecule has 1 aliphatic heterocycles. The van der Waals surface area contributed by atoms with Gasteiger partial charge in [-0.05, 0) is 36.5 Å². The lowest BCUT2D eigenvalue weighted by atomic mass is 9.99. The zero-order chi connectivity index (χ0) is 13.4. The van der Waals surface area contributed by atoms with Crippen LogP contribution in [0.4, 0.5) is 0 Å². The summed E-state index contributed by atoms with van der Waals surface area (Å²) in [5, 5.41) is 5.29. The monoisotopic (exact) mass is 318 g/mol. The summed E-state index contributed by atoms with van der Waals surface area (Å²) in [6, 6.07) is 4.07. The van der Waals surface area contributed by atoms with Crippen LogP contribution in [0.15, 0.2) is 12.1 Å². The molecule has 1 atom stereocenters. The van der Waals surface area contributed by atoms with Gasteiger partial charge >= 0.3 is 0 Å². The van der Waals surface area contributed by atoms with E-state index in [9.17, 15) is 0 Å². The van der Waals surface area contributed by atoms with E-state index in [4.69, 9.17) is 34.8 Å². The minimum Gasteiger partial charge on any atom is -0.314 e. The summed E-state index contributed by atoms with van der Waals surface area (Å²) >= 11 is 18.8. The fraction of sp³-hybridized carbons (Fsp3) is 0.571. The molecular weight excluding hydrogens is 303 g/mol. The second-order valence-corrected chi connectivity index (χ2v) is 6.58. The van der Waals surface area contributed by atoms with Gasteiger partial charge in [-0.1, -0.05) is 34.8 Å². The topological polar surface area (TPSA) is 15.3 Å². The van der Waals surface area contributed by atoms with Crippen molar-refractivity contribution in [2.75, 3.05) is 26.2 Å². The van der Waals surface area contributed by atoms with Crippen molar-refractivity contribution < 1.29 is 0 Å². The second kappa shape index (κ2) is 5.79. The van der Waals surface area contributed by atoms with Crippen LogP contribution in [-0.2, 0) is 0 Å². The van der Waals surface area contributed by atoms with Crippen molar-refractivity contribution in [1.29, 1.82) is 0 Å². The molecule has 0 spiro atoms. The van der Waals surface area contributed by atoms with Gasteiger partial charge < -0.3 is 5.32 Å². The zero-order valence-corrected chi connectivity index (χ0v) is 12.9. The Morgan fingerprint density at radius 1 is 1.11 bits per heavy atom. The molecule has 19 heavy (non-hydrogen) atoms. The van der Waals surface area contributed by atoms with E-state index < -0.39 is 0 Å². The summed E-state index contributed by atoms with van der Waals surface area (Å²) in [5.41, 5.74) is 1.10. The molecule has 0 unspecified atom stereocenters. The normalized spacial score (nSPS) is 22.5. The van der Waals surface area contributed by atoms with Crippen molar-refractivity contribution in [3.05, 3.63) is 32.8 Å². The highest BCUT2D eigenvalue weighted by molar-refractivity contribution is 6.43. The molecule has 1 aliphatic carbocycles. The highest BCUT2D eigenvalue weighted by Gasteiger charge is 2.38. The van der Waals surface area contributed by atoms with Crippen molar-refractivity contribution in [1.82, 2.24) is 10.2 Å². The minimum absolute atomic E-state index is 0.366. The first kappa shape index (κ1) is 14.0. The van der Waals surface area contributed by atoms with Gasteiger partial charge in [0.2, 0.25) is 0 Å². The lowest BCUT2D eigenvalue weighted by Crippen LogP contribution is -2.45. The average Bonchev–Trinajstić information content (AvgIpc) is 3.21. The third kappa shape index (κ3) is 3.03. The summed E-state index contributed by atoms with van der Waals surface area (Å²) in [6.45, 7) is 4.19. The Morgan fingerprint density at radius 2 is 1.79 bits per heavy atom. The number of piperazine rings is 1. The smallest absolute Gasteiger partial charge is 0.0641 e. The summed E-state index contributed by atoms with van der Waals surface area (Å²) in [7, 11) is 0. The largest absolute Gasteiger partial charge is 0.314 e. The first-order valence-corrected chi connectivity index (χ1v) is 7.89. The predicted octanol–water partition coefficient (Wildman–Crippen LogP) is 4.00. The Labute approximate surface area is 129 Å². The molecule has 2 aliphatic rings. The van der Waals surface area contributed by atoms with Gasteiger partial charge in [-0.2, -0.15) is 0 Å². The third-order valence-electron chi connectivity index (χ3n) is 3.95. The number of nitrogens with zero attached hydrogens (tertiary/aromatic N) is 1. The molecule has 5 heteroatoms. The zero-order valence-electron chi connectivity index (χ0n) is 10.6. The average molecular weight is 320 g/mol. The second-order valence-electron chi connectivity index (χ2n) is 5.36. The maximum Gasteiger partial charge on any atom is 0.0641 e. The van der Waals surface area contributed by atoms with E-state index in [1.54, 1.807) is 6.07 Å². The lowest BCUT2D eigenvalue weighted by Gasteiger charge is -2.36. The number of halogens is 3. The van der Waals surface area contributed by atoms with E-state index in [1.807, 2.05) is 6.07 Å². The number of hydrogen-bond acceptors (Lipinski definition) is 2. The molecule has 1 saturated heterocycles. The van der Waals surface area contributed by atoms with E-state index >= 15 is 0 Å². The molecule has 1 N–H and O–H groups in total. The SMILES string of the molecule is Clc1cc(Cl)c(Cl)c([C@H](C2CC2)N2CCNCC2)c1. The maximum absolute atomic E-state index is 6.42. The van der Waals surface area contributed by atoms with Crippen molar-refractivity contribution in [2.45, 2.75) is 18.9 Å². The summed E-state index contributed by atoms with van der Waals surface area (Å²) < 4.78 is 0. The molecule has 2 fully saturated rings. The molecule has 0 radical (unpaired) electrons. The van der Waals surface area contributed by atoms with Crippen LogP contribution in [0.5, 0.6) is 0 Å². The molecule has 2 nitrogen and oxygen atoms in total. The van der Waals surface area contributed by atoms with Gasteiger partial charge in [0, 0.05) is 37.2 Å². The van der Waals surface area contributed by atoms with Gasteiger partial charge in [-0.15, -0.1) is 0 Å². The van der Waals surface area contributed by atoms with Crippen LogP contribution >= 0.6 is 34.8 Å².